The minimum atomic E-state index is -3.78. The summed E-state index contributed by atoms with van der Waals surface area (Å²) >= 11 is 0. The summed E-state index contributed by atoms with van der Waals surface area (Å²) in [6.45, 7) is 1.87. The highest BCUT2D eigenvalue weighted by Gasteiger charge is 2.15. The van der Waals surface area contributed by atoms with Gasteiger partial charge in [0.1, 0.15) is 0 Å². The van der Waals surface area contributed by atoms with Crippen molar-refractivity contribution < 1.29 is 18.0 Å². The van der Waals surface area contributed by atoms with E-state index in [0.29, 0.717) is 11.4 Å². The van der Waals surface area contributed by atoms with Crippen LogP contribution in [0.3, 0.4) is 0 Å². The Hall–Kier alpha value is -3.85. The standard InChI is InChI=1S/C21H20N4O4S/c1-14-8-10-19(11-9-14)30(28,29)25-18-7-2-4-15(12-18)20(26)23-16-5-3-6-17(13-16)24-21(22)27/h2-13,25H,1H3,(H,23,26)(H3,22,24,27). The number of hydrogen-bond acceptors (Lipinski definition) is 4. The van der Waals surface area contributed by atoms with Gasteiger partial charge in [-0.3, -0.25) is 9.52 Å². The number of anilines is 3. The lowest BCUT2D eigenvalue weighted by Gasteiger charge is -2.11. The molecule has 0 aliphatic rings. The van der Waals surface area contributed by atoms with Crippen LogP contribution in [-0.2, 0) is 10.0 Å². The number of nitrogens with two attached hydrogens (primary N) is 1. The molecule has 3 rings (SSSR count). The number of carbonyl (C=O) groups excluding carboxylic acids is 2. The molecule has 0 aromatic heterocycles. The van der Waals surface area contributed by atoms with Gasteiger partial charge < -0.3 is 16.4 Å². The molecular formula is C21H20N4O4S. The number of urea groups is 1. The van der Waals surface area contributed by atoms with E-state index >= 15 is 0 Å². The molecule has 0 saturated heterocycles. The van der Waals surface area contributed by atoms with Gasteiger partial charge in [0.05, 0.1) is 4.90 Å². The maximum Gasteiger partial charge on any atom is 0.316 e. The zero-order valence-corrected chi connectivity index (χ0v) is 16.9. The van der Waals surface area contributed by atoms with Gasteiger partial charge in [0.25, 0.3) is 15.9 Å². The van der Waals surface area contributed by atoms with E-state index in [1.165, 1.54) is 18.2 Å². The topological polar surface area (TPSA) is 130 Å². The fourth-order valence-corrected chi connectivity index (χ4v) is 3.73. The first-order valence-electron chi connectivity index (χ1n) is 8.90. The number of sulfonamides is 1. The monoisotopic (exact) mass is 424 g/mol. The molecular weight excluding hydrogens is 404 g/mol. The van der Waals surface area contributed by atoms with Crippen molar-refractivity contribution in [3.63, 3.8) is 0 Å². The molecule has 0 spiro atoms. The summed E-state index contributed by atoms with van der Waals surface area (Å²) in [4.78, 5) is 23.7. The fourth-order valence-electron chi connectivity index (χ4n) is 2.68. The zero-order chi connectivity index (χ0) is 21.7. The third-order valence-electron chi connectivity index (χ3n) is 4.10. The van der Waals surface area contributed by atoms with E-state index < -0.39 is 22.0 Å². The second-order valence-corrected chi connectivity index (χ2v) is 8.21. The molecule has 8 nitrogen and oxygen atoms in total. The summed E-state index contributed by atoms with van der Waals surface area (Å²) in [6, 6.07) is 18.3. The molecule has 0 saturated carbocycles. The van der Waals surface area contributed by atoms with Crippen LogP contribution in [-0.4, -0.2) is 20.4 Å². The molecule has 0 bridgehead atoms. The van der Waals surface area contributed by atoms with Gasteiger partial charge in [0.15, 0.2) is 0 Å². The average Bonchev–Trinajstić information content (AvgIpc) is 2.68. The van der Waals surface area contributed by atoms with Gasteiger partial charge in [0.2, 0.25) is 0 Å². The van der Waals surface area contributed by atoms with Crippen LogP contribution in [0.4, 0.5) is 21.9 Å². The number of amides is 3. The van der Waals surface area contributed by atoms with E-state index in [0.717, 1.165) is 5.56 Å². The largest absolute Gasteiger partial charge is 0.351 e. The first kappa shape index (κ1) is 20.9. The SMILES string of the molecule is Cc1ccc(S(=O)(=O)Nc2cccc(C(=O)Nc3cccc(NC(N)=O)c3)c2)cc1. The van der Waals surface area contributed by atoms with Crippen LogP contribution in [0.25, 0.3) is 0 Å². The molecule has 0 aliphatic heterocycles. The van der Waals surface area contributed by atoms with Crippen molar-refractivity contribution in [3.05, 3.63) is 83.9 Å². The number of carbonyl (C=O) groups is 2. The van der Waals surface area contributed by atoms with Gasteiger partial charge in [-0.25, -0.2) is 13.2 Å². The van der Waals surface area contributed by atoms with Crippen LogP contribution in [0.2, 0.25) is 0 Å². The molecule has 0 aliphatic carbocycles. The zero-order valence-electron chi connectivity index (χ0n) is 16.0. The highest BCUT2D eigenvalue weighted by molar-refractivity contribution is 7.92. The van der Waals surface area contributed by atoms with Crippen LogP contribution in [0.15, 0.2) is 77.7 Å². The Morgan fingerprint density at radius 3 is 2.07 bits per heavy atom. The van der Waals surface area contributed by atoms with Crippen LogP contribution >= 0.6 is 0 Å². The Morgan fingerprint density at radius 1 is 0.800 bits per heavy atom. The average molecular weight is 424 g/mol. The number of rotatable bonds is 6. The predicted molar refractivity (Wildman–Crippen MR) is 116 cm³/mol. The van der Waals surface area contributed by atoms with Crippen molar-refractivity contribution in [2.75, 3.05) is 15.4 Å². The summed E-state index contributed by atoms with van der Waals surface area (Å²) in [5, 5.41) is 5.11. The molecule has 9 heteroatoms. The molecule has 0 radical (unpaired) electrons. The lowest BCUT2D eigenvalue weighted by Crippen LogP contribution is -2.19. The molecule has 0 fully saturated rings. The first-order valence-corrected chi connectivity index (χ1v) is 10.4. The number of primary amides is 1. The molecule has 3 aromatic rings. The lowest BCUT2D eigenvalue weighted by atomic mass is 10.2. The Morgan fingerprint density at radius 2 is 1.40 bits per heavy atom. The van der Waals surface area contributed by atoms with Crippen molar-refractivity contribution in [3.8, 4) is 0 Å². The van der Waals surface area contributed by atoms with Crippen molar-refractivity contribution in [2.45, 2.75) is 11.8 Å². The summed E-state index contributed by atoms with van der Waals surface area (Å²) in [6.07, 6.45) is 0. The van der Waals surface area contributed by atoms with Crippen molar-refractivity contribution >= 4 is 39.0 Å². The van der Waals surface area contributed by atoms with E-state index in [9.17, 15) is 18.0 Å². The maximum absolute atomic E-state index is 12.6. The summed E-state index contributed by atoms with van der Waals surface area (Å²) in [5.74, 6) is -0.442. The molecule has 5 N–H and O–H groups in total. The van der Waals surface area contributed by atoms with Gasteiger partial charge in [-0.15, -0.1) is 0 Å². The highest BCUT2D eigenvalue weighted by atomic mass is 32.2. The normalized spacial score (nSPS) is 10.8. The molecule has 0 unspecified atom stereocenters. The molecule has 0 heterocycles. The fraction of sp³-hybridized carbons (Fsp3) is 0.0476. The summed E-state index contributed by atoms with van der Waals surface area (Å²) < 4.78 is 27.6. The minimum absolute atomic E-state index is 0.127. The number of benzene rings is 3. The third-order valence-corrected chi connectivity index (χ3v) is 5.49. The summed E-state index contributed by atoms with van der Waals surface area (Å²) in [7, 11) is -3.78. The van der Waals surface area contributed by atoms with Gasteiger partial charge in [-0.1, -0.05) is 29.8 Å². The smallest absolute Gasteiger partial charge is 0.316 e. The molecule has 154 valence electrons. The van der Waals surface area contributed by atoms with Crippen molar-refractivity contribution in [2.24, 2.45) is 5.73 Å². The van der Waals surface area contributed by atoms with Gasteiger partial charge >= 0.3 is 6.03 Å². The Kier molecular flexibility index (Phi) is 6.03. The second-order valence-electron chi connectivity index (χ2n) is 6.52. The van der Waals surface area contributed by atoms with Crippen molar-refractivity contribution in [1.82, 2.24) is 0 Å². The number of aryl methyl sites for hydroxylation is 1. The van der Waals surface area contributed by atoms with Gasteiger partial charge in [0, 0.05) is 22.6 Å². The van der Waals surface area contributed by atoms with Gasteiger partial charge in [-0.2, -0.15) is 0 Å². The Bertz CT molecular complexity index is 1190. The molecule has 3 aromatic carbocycles. The van der Waals surface area contributed by atoms with Crippen molar-refractivity contribution in [1.29, 1.82) is 0 Å². The Balaban J connectivity index is 1.75. The highest BCUT2D eigenvalue weighted by Crippen LogP contribution is 2.20. The number of nitrogens with one attached hydrogen (secondary N) is 3. The molecule has 30 heavy (non-hydrogen) atoms. The maximum atomic E-state index is 12.6. The van der Waals surface area contributed by atoms with Crippen LogP contribution < -0.4 is 21.1 Å². The quantitative estimate of drug-likeness (QED) is 0.482. The van der Waals surface area contributed by atoms with E-state index in [1.54, 1.807) is 54.6 Å². The molecule has 0 atom stereocenters. The van der Waals surface area contributed by atoms with Crippen LogP contribution in [0.1, 0.15) is 15.9 Å². The van der Waals surface area contributed by atoms with E-state index in [2.05, 4.69) is 15.4 Å². The molecule has 3 amide bonds. The predicted octanol–water partition coefficient (Wildman–Crippen LogP) is 3.54. The van der Waals surface area contributed by atoms with E-state index in [4.69, 9.17) is 5.73 Å². The lowest BCUT2D eigenvalue weighted by molar-refractivity contribution is 0.102. The van der Waals surface area contributed by atoms with Crippen LogP contribution in [0.5, 0.6) is 0 Å². The van der Waals surface area contributed by atoms with Crippen LogP contribution in [0, 0.1) is 6.92 Å². The second kappa shape index (κ2) is 8.66. The first-order chi connectivity index (χ1) is 14.2. The third kappa shape index (κ3) is 5.36. The summed E-state index contributed by atoms with van der Waals surface area (Å²) in [5.41, 5.74) is 7.42. The van der Waals surface area contributed by atoms with Gasteiger partial charge in [-0.05, 0) is 55.5 Å². The van der Waals surface area contributed by atoms with E-state index in [-0.39, 0.29) is 16.1 Å². The number of hydrogen-bond donors (Lipinski definition) is 4. The minimum Gasteiger partial charge on any atom is -0.351 e. The van der Waals surface area contributed by atoms with E-state index in [1.807, 2.05) is 6.92 Å². The Labute approximate surface area is 174 Å².